The molecule has 0 unspecified atom stereocenters. The van der Waals surface area contributed by atoms with Gasteiger partial charge < -0.3 is 11.5 Å². The van der Waals surface area contributed by atoms with Crippen molar-refractivity contribution in [2.45, 2.75) is 168 Å². The number of primary amides is 1. The molecular weight excluding hydrogens is 380 g/mol. The molecule has 188 valence electrons. The molecule has 0 atom stereocenters. The summed E-state index contributed by atoms with van der Waals surface area (Å²) >= 11 is 0. The second-order valence-electron chi connectivity index (χ2n) is 9.43. The lowest BCUT2D eigenvalue weighted by Gasteiger charge is -2.02. The smallest absolute Gasteiger partial charge is 0.217 e. The second kappa shape index (κ2) is 31.6. The van der Waals surface area contributed by atoms with Gasteiger partial charge in [-0.05, 0) is 19.4 Å². The van der Waals surface area contributed by atoms with Gasteiger partial charge in [0.15, 0.2) is 0 Å². The lowest BCUT2D eigenvalue weighted by molar-refractivity contribution is -0.118. The van der Waals surface area contributed by atoms with Gasteiger partial charge in [0, 0.05) is 6.42 Å². The van der Waals surface area contributed by atoms with Crippen molar-refractivity contribution in [2.75, 3.05) is 6.54 Å². The first-order chi connectivity index (χ1) is 15.2. The summed E-state index contributed by atoms with van der Waals surface area (Å²) in [6, 6.07) is 0. The Morgan fingerprint density at radius 1 is 0.452 bits per heavy atom. The molecule has 0 radical (unpaired) electrons. The fourth-order valence-corrected chi connectivity index (χ4v) is 3.95. The van der Waals surface area contributed by atoms with Crippen LogP contribution in [0.4, 0.5) is 0 Å². The fraction of sp³-hybridized carbons (Fsp3) is 0.964. The van der Waals surface area contributed by atoms with Gasteiger partial charge in [-0.1, -0.05) is 149 Å². The number of amides is 1. The lowest BCUT2D eigenvalue weighted by atomic mass is 10.0. The van der Waals surface area contributed by atoms with Crippen LogP contribution in [0, 0.1) is 0 Å². The average molecular weight is 441 g/mol. The van der Waals surface area contributed by atoms with E-state index in [2.05, 4.69) is 13.8 Å². The predicted octanol–water partition coefficient (Wildman–Crippen LogP) is 8.82. The topological polar surface area (TPSA) is 69.1 Å². The van der Waals surface area contributed by atoms with E-state index < -0.39 is 0 Å². The zero-order valence-corrected chi connectivity index (χ0v) is 21.7. The van der Waals surface area contributed by atoms with Crippen LogP contribution in [0.5, 0.6) is 0 Å². The maximum Gasteiger partial charge on any atom is 0.217 e. The van der Waals surface area contributed by atoms with Gasteiger partial charge in [-0.2, -0.15) is 0 Å². The Labute approximate surface area is 196 Å². The molecule has 0 saturated heterocycles. The van der Waals surface area contributed by atoms with E-state index in [1.807, 2.05) is 0 Å². The summed E-state index contributed by atoms with van der Waals surface area (Å²) in [4.78, 5) is 10.5. The largest absolute Gasteiger partial charge is 0.370 e. The monoisotopic (exact) mass is 440 g/mol. The van der Waals surface area contributed by atoms with Crippen molar-refractivity contribution < 1.29 is 4.79 Å². The van der Waals surface area contributed by atoms with Crippen LogP contribution in [0.25, 0.3) is 0 Å². The highest BCUT2D eigenvalue weighted by atomic mass is 16.1. The van der Waals surface area contributed by atoms with Crippen molar-refractivity contribution in [1.29, 1.82) is 0 Å². The quantitative estimate of drug-likeness (QED) is 0.147. The Hall–Kier alpha value is -0.570. The summed E-state index contributed by atoms with van der Waals surface area (Å²) in [6.45, 7) is 5.41. The first kappa shape index (κ1) is 32.6. The third-order valence-electron chi connectivity index (χ3n) is 6.08. The number of unbranched alkanes of at least 4 members (excludes halogenated alkanes) is 21. The van der Waals surface area contributed by atoms with Gasteiger partial charge in [-0.15, -0.1) is 0 Å². The molecular formula is C28H60N2O. The molecule has 1 amide bonds. The van der Waals surface area contributed by atoms with Crippen LogP contribution in [0.1, 0.15) is 168 Å². The minimum absolute atomic E-state index is 0.155. The van der Waals surface area contributed by atoms with E-state index in [0.717, 1.165) is 13.0 Å². The number of carbonyl (C=O) groups is 1. The Morgan fingerprint density at radius 2 is 0.710 bits per heavy atom. The minimum atomic E-state index is -0.155. The molecule has 0 aliphatic rings. The molecule has 31 heavy (non-hydrogen) atoms. The van der Waals surface area contributed by atoms with E-state index in [4.69, 9.17) is 11.5 Å². The maximum absolute atomic E-state index is 10.5. The molecule has 4 N–H and O–H groups in total. The Morgan fingerprint density at radius 3 is 0.968 bits per heavy atom. The molecule has 0 aliphatic heterocycles. The van der Waals surface area contributed by atoms with Crippen molar-refractivity contribution in [3.63, 3.8) is 0 Å². The van der Waals surface area contributed by atoms with Crippen LogP contribution in [0.15, 0.2) is 0 Å². The van der Waals surface area contributed by atoms with Crippen molar-refractivity contribution >= 4 is 5.91 Å². The summed E-state index contributed by atoms with van der Waals surface area (Å²) in [5, 5.41) is 0. The lowest BCUT2D eigenvalue weighted by Crippen LogP contribution is -2.09. The zero-order chi connectivity index (χ0) is 23.3. The molecule has 3 nitrogen and oxygen atoms in total. The predicted molar refractivity (Wildman–Crippen MR) is 140 cm³/mol. The van der Waals surface area contributed by atoms with E-state index in [1.165, 1.54) is 141 Å². The summed E-state index contributed by atoms with van der Waals surface area (Å²) in [6.07, 6.45) is 31.9. The first-order valence-corrected chi connectivity index (χ1v) is 14.2. The molecule has 0 heterocycles. The van der Waals surface area contributed by atoms with Crippen LogP contribution in [-0.2, 0) is 4.79 Å². The normalized spacial score (nSPS) is 10.7. The Balaban J connectivity index is 0. The maximum atomic E-state index is 10.5. The van der Waals surface area contributed by atoms with Gasteiger partial charge >= 0.3 is 0 Å². The number of nitrogens with two attached hydrogens (primary N) is 2. The standard InChI is InChI=1S/C16H33NO.C12H27N/c1-2-3-4-5-6-7-8-9-10-11-12-13-14-15-16(17)18;1-2-3-4-5-6-7-8-9-10-11-12-13/h2-15H2,1H3,(H2,17,18);2-13H2,1H3. The van der Waals surface area contributed by atoms with Crippen LogP contribution in [-0.4, -0.2) is 12.5 Å². The molecule has 0 fully saturated rings. The van der Waals surface area contributed by atoms with Crippen LogP contribution < -0.4 is 11.5 Å². The molecule has 3 heteroatoms. The van der Waals surface area contributed by atoms with E-state index in [9.17, 15) is 4.79 Å². The summed E-state index contributed by atoms with van der Waals surface area (Å²) < 4.78 is 0. The van der Waals surface area contributed by atoms with Crippen LogP contribution in [0.2, 0.25) is 0 Å². The molecule has 0 bridgehead atoms. The van der Waals surface area contributed by atoms with Crippen molar-refractivity contribution in [3.05, 3.63) is 0 Å². The zero-order valence-electron chi connectivity index (χ0n) is 21.7. The number of carbonyl (C=O) groups excluding carboxylic acids is 1. The summed E-state index contributed by atoms with van der Waals surface area (Å²) in [5.74, 6) is -0.155. The average Bonchev–Trinajstić information content (AvgIpc) is 2.76. The molecule has 0 aromatic carbocycles. The van der Waals surface area contributed by atoms with Gasteiger partial charge in [0.2, 0.25) is 5.91 Å². The molecule has 0 aromatic rings. The molecule has 0 spiro atoms. The first-order valence-electron chi connectivity index (χ1n) is 14.2. The van der Waals surface area contributed by atoms with Gasteiger partial charge in [0.25, 0.3) is 0 Å². The third kappa shape index (κ3) is 37.1. The molecule has 0 aromatic heterocycles. The highest BCUT2D eigenvalue weighted by Crippen LogP contribution is 2.13. The molecule has 0 saturated carbocycles. The SMILES string of the molecule is CCCCCCCCCCCCCCCC(N)=O.CCCCCCCCCCCCN. The molecule has 0 rings (SSSR count). The fourth-order valence-electron chi connectivity index (χ4n) is 3.95. The van der Waals surface area contributed by atoms with Crippen molar-refractivity contribution in [2.24, 2.45) is 11.5 Å². The highest BCUT2D eigenvalue weighted by molar-refractivity contribution is 5.73. The number of hydrogen-bond donors (Lipinski definition) is 2. The van der Waals surface area contributed by atoms with Gasteiger partial charge in [0.05, 0.1) is 0 Å². The van der Waals surface area contributed by atoms with Gasteiger partial charge in [0.1, 0.15) is 0 Å². The van der Waals surface area contributed by atoms with Crippen LogP contribution in [0.3, 0.4) is 0 Å². The van der Waals surface area contributed by atoms with Crippen molar-refractivity contribution in [1.82, 2.24) is 0 Å². The summed E-state index contributed by atoms with van der Waals surface area (Å²) in [5.41, 5.74) is 10.5. The molecule has 0 aliphatic carbocycles. The van der Waals surface area contributed by atoms with E-state index >= 15 is 0 Å². The van der Waals surface area contributed by atoms with E-state index in [0.29, 0.717) is 6.42 Å². The van der Waals surface area contributed by atoms with E-state index in [1.54, 1.807) is 0 Å². The minimum Gasteiger partial charge on any atom is -0.370 e. The number of hydrogen-bond acceptors (Lipinski definition) is 2. The third-order valence-corrected chi connectivity index (χ3v) is 6.08. The second-order valence-corrected chi connectivity index (χ2v) is 9.43. The summed E-state index contributed by atoms with van der Waals surface area (Å²) in [7, 11) is 0. The van der Waals surface area contributed by atoms with E-state index in [-0.39, 0.29) is 5.91 Å². The van der Waals surface area contributed by atoms with Crippen LogP contribution >= 0.6 is 0 Å². The van der Waals surface area contributed by atoms with Crippen molar-refractivity contribution in [3.8, 4) is 0 Å². The highest BCUT2D eigenvalue weighted by Gasteiger charge is 1.96. The number of rotatable bonds is 24. The Bertz CT molecular complexity index is 310. The van der Waals surface area contributed by atoms with Gasteiger partial charge in [-0.3, -0.25) is 4.79 Å². The Kier molecular flexibility index (Phi) is 33.3. The van der Waals surface area contributed by atoms with Gasteiger partial charge in [-0.25, -0.2) is 0 Å².